The highest BCUT2D eigenvalue weighted by atomic mass is 19.2. The average Bonchev–Trinajstić information content (AvgIpc) is 3.42. The van der Waals surface area contributed by atoms with Crippen LogP contribution in [-0.2, 0) is 9.59 Å². The van der Waals surface area contributed by atoms with Crippen molar-refractivity contribution in [3.8, 4) is 5.75 Å². The zero-order valence-electron chi connectivity index (χ0n) is 14.2. The zero-order chi connectivity index (χ0) is 19.7. The normalized spacial score (nSPS) is 19.3. The molecule has 0 aliphatic heterocycles. The topological polar surface area (TPSA) is 75.6 Å². The number of aliphatic carboxylic acids is 1. The summed E-state index contributed by atoms with van der Waals surface area (Å²) in [5.41, 5.74) is 0.524. The van der Waals surface area contributed by atoms with Gasteiger partial charge in [-0.3, -0.25) is 4.79 Å². The van der Waals surface area contributed by atoms with Gasteiger partial charge in [-0.15, -0.1) is 0 Å². The zero-order valence-corrected chi connectivity index (χ0v) is 14.2. The fraction of sp³-hybridized carbons (Fsp3) is 0.263. The minimum atomic E-state index is -1.44. The summed E-state index contributed by atoms with van der Waals surface area (Å²) in [6.07, 6.45) is 0.389. The molecule has 3 unspecified atom stereocenters. The molecule has 2 N–H and O–H groups in total. The van der Waals surface area contributed by atoms with E-state index in [9.17, 15) is 27.9 Å². The molecular weight excluding hydrogens is 363 g/mol. The summed E-state index contributed by atoms with van der Waals surface area (Å²) in [5.74, 6) is -5.55. The number of rotatable bonds is 6. The Morgan fingerprint density at radius 2 is 1.85 bits per heavy atom. The number of carbonyl (C=O) groups is 2. The first-order valence-electron chi connectivity index (χ1n) is 8.13. The number of hydrogen-bond acceptors (Lipinski definition) is 3. The van der Waals surface area contributed by atoms with E-state index in [0.29, 0.717) is 12.0 Å². The summed E-state index contributed by atoms with van der Waals surface area (Å²) < 4.78 is 45.0. The van der Waals surface area contributed by atoms with E-state index in [1.54, 1.807) is 0 Å². The van der Waals surface area contributed by atoms with Crippen molar-refractivity contribution >= 4 is 11.9 Å². The van der Waals surface area contributed by atoms with Crippen LogP contribution >= 0.6 is 0 Å². The summed E-state index contributed by atoms with van der Waals surface area (Å²) in [4.78, 5) is 23.9. The standard InChI is InChI=1S/C19H16F3NO4/c1-27-16-5-3-10(7-15(16)22)17(19(25)26)23-18(24)12-8-11(12)9-2-4-13(20)14(21)6-9/h2-7,11-12,17H,8H2,1H3,(H,23,24)(H,25,26). The van der Waals surface area contributed by atoms with Crippen molar-refractivity contribution in [1.29, 1.82) is 0 Å². The van der Waals surface area contributed by atoms with Crippen molar-refractivity contribution in [2.24, 2.45) is 5.92 Å². The van der Waals surface area contributed by atoms with Gasteiger partial charge in [-0.05, 0) is 47.7 Å². The van der Waals surface area contributed by atoms with Crippen LogP contribution in [0.1, 0.15) is 29.5 Å². The van der Waals surface area contributed by atoms with Crippen LogP contribution in [0.2, 0.25) is 0 Å². The number of halogens is 3. The molecule has 142 valence electrons. The second kappa shape index (κ2) is 7.30. The predicted molar refractivity (Wildman–Crippen MR) is 88.7 cm³/mol. The van der Waals surface area contributed by atoms with E-state index in [4.69, 9.17) is 4.74 Å². The van der Waals surface area contributed by atoms with E-state index in [1.807, 2.05) is 0 Å². The fourth-order valence-corrected chi connectivity index (χ4v) is 3.00. The molecule has 1 saturated carbocycles. The Morgan fingerprint density at radius 1 is 1.11 bits per heavy atom. The summed E-state index contributed by atoms with van der Waals surface area (Å²) in [6, 6.07) is 5.57. The number of methoxy groups -OCH3 is 1. The smallest absolute Gasteiger partial charge is 0.330 e. The summed E-state index contributed by atoms with van der Waals surface area (Å²) in [6.45, 7) is 0. The van der Waals surface area contributed by atoms with Gasteiger partial charge in [0.05, 0.1) is 7.11 Å². The molecule has 0 heterocycles. The van der Waals surface area contributed by atoms with Crippen LogP contribution in [0.15, 0.2) is 36.4 Å². The predicted octanol–water partition coefficient (Wildman–Crippen LogP) is 3.16. The number of ether oxygens (including phenoxy) is 1. The molecule has 3 atom stereocenters. The van der Waals surface area contributed by atoms with Gasteiger partial charge in [-0.25, -0.2) is 18.0 Å². The van der Waals surface area contributed by atoms with Gasteiger partial charge < -0.3 is 15.2 Å². The van der Waals surface area contributed by atoms with Gasteiger partial charge in [0.25, 0.3) is 0 Å². The number of carboxylic acid groups (broad SMARTS) is 1. The highest BCUT2D eigenvalue weighted by Crippen LogP contribution is 2.48. The fourth-order valence-electron chi connectivity index (χ4n) is 3.00. The molecule has 0 spiro atoms. The van der Waals surface area contributed by atoms with E-state index >= 15 is 0 Å². The lowest BCUT2D eigenvalue weighted by atomic mass is 10.1. The van der Waals surface area contributed by atoms with E-state index in [1.165, 1.54) is 25.3 Å². The Kier molecular flexibility index (Phi) is 5.07. The molecule has 2 aromatic carbocycles. The minimum Gasteiger partial charge on any atom is -0.494 e. The summed E-state index contributed by atoms with van der Waals surface area (Å²) >= 11 is 0. The third-order valence-corrected chi connectivity index (χ3v) is 4.54. The Balaban J connectivity index is 1.72. The molecule has 27 heavy (non-hydrogen) atoms. The quantitative estimate of drug-likeness (QED) is 0.809. The molecule has 1 aliphatic carbocycles. The van der Waals surface area contributed by atoms with Crippen LogP contribution in [0.5, 0.6) is 5.75 Å². The molecule has 0 bridgehead atoms. The first kappa shape index (κ1) is 18.8. The van der Waals surface area contributed by atoms with E-state index in [0.717, 1.165) is 18.2 Å². The lowest BCUT2D eigenvalue weighted by Crippen LogP contribution is -2.35. The monoisotopic (exact) mass is 379 g/mol. The second-order valence-electron chi connectivity index (χ2n) is 6.30. The third-order valence-electron chi connectivity index (χ3n) is 4.54. The van der Waals surface area contributed by atoms with Crippen molar-refractivity contribution in [1.82, 2.24) is 5.32 Å². The highest BCUT2D eigenvalue weighted by Gasteiger charge is 2.45. The Bertz CT molecular complexity index is 903. The number of amides is 1. The first-order valence-corrected chi connectivity index (χ1v) is 8.13. The molecule has 1 fully saturated rings. The third kappa shape index (κ3) is 3.89. The van der Waals surface area contributed by atoms with Crippen LogP contribution in [-0.4, -0.2) is 24.1 Å². The maximum Gasteiger partial charge on any atom is 0.330 e. The molecule has 2 aromatic rings. The molecule has 8 heteroatoms. The van der Waals surface area contributed by atoms with Crippen molar-refractivity contribution < 1.29 is 32.6 Å². The lowest BCUT2D eigenvalue weighted by molar-refractivity contribution is -0.142. The van der Waals surface area contributed by atoms with Crippen LogP contribution in [0.4, 0.5) is 13.2 Å². The SMILES string of the molecule is COc1ccc(C(NC(=O)C2CC2c2ccc(F)c(F)c2)C(=O)O)cc1F. The van der Waals surface area contributed by atoms with Crippen molar-refractivity contribution in [3.05, 3.63) is 65.0 Å². The lowest BCUT2D eigenvalue weighted by Gasteiger charge is -2.16. The van der Waals surface area contributed by atoms with Gasteiger partial charge in [-0.1, -0.05) is 12.1 Å². The van der Waals surface area contributed by atoms with E-state index in [-0.39, 0.29) is 17.2 Å². The largest absolute Gasteiger partial charge is 0.494 e. The van der Waals surface area contributed by atoms with Gasteiger partial charge in [-0.2, -0.15) is 0 Å². The van der Waals surface area contributed by atoms with Gasteiger partial charge in [0.15, 0.2) is 29.2 Å². The molecule has 3 rings (SSSR count). The number of hydrogen-bond donors (Lipinski definition) is 2. The number of nitrogens with one attached hydrogen (secondary N) is 1. The van der Waals surface area contributed by atoms with Gasteiger partial charge >= 0.3 is 5.97 Å². The first-order chi connectivity index (χ1) is 12.8. The molecule has 0 radical (unpaired) electrons. The van der Waals surface area contributed by atoms with Crippen molar-refractivity contribution in [2.45, 2.75) is 18.4 Å². The molecule has 0 aromatic heterocycles. The summed E-state index contributed by atoms with van der Waals surface area (Å²) in [5, 5.41) is 11.8. The summed E-state index contributed by atoms with van der Waals surface area (Å²) in [7, 11) is 1.28. The van der Waals surface area contributed by atoms with Crippen molar-refractivity contribution in [2.75, 3.05) is 7.11 Å². The maximum atomic E-state index is 13.8. The number of carbonyl (C=O) groups excluding carboxylic acids is 1. The minimum absolute atomic E-state index is 0.0465. The van der Waals surface area contributed by atoms with E-state index < -0.39 is 41.3 Å². The Hall–Kier alpha value is -3.03. The van der Waals surface area contributed by atoms with Gasteiger partial charge in [0.1, 0.15) is 0 Å². The van der Waals surface area contributed by atoms with Crippen molar-refractivity contribution in [3.63, 3.8) is 0 Å². The number of benzene rings is 2. The van der Waals surface area contributed by atoms with Crippen LogP contribution < -0.4 is 10.1 Å². The molecular formula is C19H16F3NO4. The molecule has 5 nitrogen and oxygen atoms in total. The van der Waals surface area contributed by atoms with Crippen LogP contribution in [0, 0.1) is 23.4 Å². The Labute approximate surface area is 152 Å². The van der Waals surface area contributed by atoms with Gasteiger partial charge in [0, 0.05) is 5.92 Å². The Morgan fingerprint density at radius 3 is 2.44 bits per heavy atom. The van der Waals surface area contributed by atoms with Crippen LogP contribution in [0.25, 0.3) is 0 Å². The van der Waals surface area contributed by atoms with Gasteiger partial charge in [0.2, 0.25) is 5.91 Å². The van der Waals surface area contributed by atoms with Crippen LogP contribution in [0.3, 0.4) is 0 Å². The van der Waals surface area contributed by atoms with E-state index in [2.05, 4.69) is 5.32 Å². The average molecular weight is 379 g/mol. The second-order valence-corrected chi connectivity index (χ2v) is 6.30. The number of carboxylic acids is 1. The molecule has 0 saturated heterocycles. The highest BCUT2D eigenvalue weighted by molar-refractivity contribution is 5.88. The molecule has 1 amide bonds. The maximum absolute atomic E-state index is 13.8. The molecule has 1 aliphatic rings.